The first-order valence-corrected chi connectivity index (χ1v) is 7.62. The Morgan fingerprint density at radius 2 is 2.12 bits per heavy atom. The Hall–Kier alpha value is 0.01000. The van der Waals surface area contributed by atoms with E-state index in [2.05, 4.69) is 48.0 Å². The molecule has 1 rings (SSSR count). The Bertz CT molecular complexity index is 328. The van der Waals surface area contributed by atoms with Gasteiger partial charge in [-0.05, 0) is 48.8 Å². The predicted molar refractivity (Wildman–Crippen MR) is 77.1 cm³/mol. The van der Waals surface area contributed by atoms with Gasteiger partial charge in [0.05, 0.1) is 0 Å². The standard InChI is InChI=1S/C13H20BrNS/c1-3-7-16-13-6-5-11(14)8-10(13)9-12(15)4-2/h5-6,8,12H,3-4,7,9,15H2,1-2H3. The molecule has 0 heterocycles. The number of halogens is 1. The zero-order chi connectivity index (χ0) is 12.0. The highest BCUT2D eigenvalue weighted by Crippen LogP contribution is 2.27. The minimum absolute atomic E-state index is 0.273. The lowest BCUT2D eigenvalue weighted by molar-refractivity contribution is 0.641. The van der Waals surface area contributed by atoms with E-state index in [0.717, 1.165) is 17.3 Å². The molecule has 0 radical (unpaired) electrons. The molecule has 0 saturated heterocycles. The number of nitrogens with two attached hydrogens (primary N) is 1. The highest BCUT2D eigenvalue weighted by molar-refractivity contribution is 9.10. The second kappa shape index (κ2) is 7.36. The fraction of sp³-hybridized carbons (Fsp3) is 0.538. The summed E-state index contributed by atoms with van der Waals surface area (Å²) in [6.45, 7) is 4.35. The molecule has 0 aliphatic rings. The summed E-state index contributed by atoms with van der Waals surface area (Å²) in [5.74, 6) is 1.18. The van der Waals surface area contributed by atoms with Gasteiger partial charge in [-0.2, -0.15) is 0 Å². The van der Waals surface area contributed by atoms with Crippen LogP contribution in [0.5, 0.6) is 0 Å². The third kappa shape index (κ3) is 4.48. The Labute approximate surface area is 111 Å². The fourth-order valence-electron chi connectivity index (χ4n) is 1.49. The first-order valence-electron chi connectivity index (χ1n) is 5.84. The number of hydrogen-bond acceptors (Lipinski definition) is 2. The van der Waals surface area contributed by atoms with Crippen molar-refractivity contribution in [3.63, 3.8) is 0 Å². The van der Waals surface area contributed by atoms with Crippen molar-refractivity contribution in [3.8, 4) is 0 Å². The summed E-state index contributed by atoms with van der Waals surface area (Å²) in [5, 5.41) is 0. The fourth-order valence-corrected chi connectivity index (χ4v) is 2.81. The van der Waals surface area contributed by atoms with E-state index in [4.69, 9.17) is 5.73 Å². The van der Waals surface area contributed by atoms with Crippen molar-refractivity contribution in [2.45, 2.75) is 44.0 Å². The molecule has 1 aromatic carbocycles. The smallest absolute Gasteiger partial charge is 0.0178 e. The highest BCUT2D eigenvalue weighted by atomic mass is 79.9. The summed E-state index contributed by atoms with van der Waals surface area (Å²) in [4.78, 5) is 1.38. The van der Waals surface area contributed by atoms with Gasteiger partial charge >= 0.3 is 0 Å². The maximum atomic E-state index is 6.03. The average molecular weight is 302 g/mol. The Morgan fingerprint density at radius 3 is 2.75 bits per heavy atom. The Morgan fingerprint density at radius 1 is 1.38 bits per heavy atom. The van der Waals surface area contributed by atoms with Gasteiger partial charge in [0.25, 0.3) is 0 Å². The lowest BCUT2D eigenvalue weighted by atomic mass is 10.1. The molecule has 1 aromatic rings. The summed E-state index contributed by atoms with van der Waals surface area (Å²) in [7, 11) is 0. The summed E-state index contributed by atoms with van der Waals surface area (Å²) in [5.41, 5.74) is 7.41. The molecule has 0 amide bonds. The van der Waals surface area contributed by atoms with Crippen molar-refractivity contribution >= 4 is 27.7 Å². The average Bonchev–Trinajstić information content (AvgIpc) is 2.28. The quantitative estimate of drug-likeness (QED) is 0.796. The molecule has 0 aliphatic carbocycles. The second-order valence-corrected chi connectivity index (χ2v) is 6.03. The summed E-state index contributed by atoms with van der Waals surface area (Å²) in [6, 6.07) is 6.78. The van der Waals surface area contributed by atoms with Crippen LogP contribution in [0.2, 0.25) is 0 Å². The van der Waals surface area contributed by atoms with E-state index in [9.17, 15) is 0 Å². The van der Waals surface area contributed by atoms with Crippen molar-refractivity contribution in [2.24, 2.45) is 5.73 Å². The van der Waals surface area contributed by atoms with Crippen LogP contribution in [-0.4, -0.2) is 11.8 Å². The summed E-state index contributed by atoms with van der Waals surface area (Å²) in [6.07, 6.45) is 3.21. The topological polar surface area (TPSA) is 26.0 Å². The zero-order valence-corrected chi connectivity index (χ0v) is 12.4. The molecular weight excluding hydrogens is 282 g/mol. The van der Waals surface area contributed by atoms with Gasteiger partial charge in [0, 0.05) is 15.4 Å². The van der Waals surface area contributed by atoms with E-state index < -0.39 is 0 Å². The molecule has 0 bridgehead atoms. The lowest BCUT2D eigenvalue weighted by Gasteiger charge is -2.13. The third-order valence-corrected chi connectivity index (χ3v) is 4.31. The molecule has 0 spiro atoms. The molecule has 90 valence electrons. The third-order valence-electron chi connectivity index (χ3n) is 2.49. The van der Waals surface area contributed by atoms with Gasteiger partial charge in [0.1, 0.15) is 0 Å². The number of thioether (sulfide) groups is 1. The van der Waals surface area contributed by atoms with Crippen LogP contribution < -0.4 is 5.73 Å². The monoisotopic (exact) mass is 301 g/mol. The predicted octanol–water partition coefficient (Wildman–Crippen LogP) is 4.23. The molecular formula is C13H20BrNS. The van der Waals surface area contributed by atoms with Crippen molar-refractivity contribution in [1.29, 1.82) is 0 Å². The lowest BCUT2D eigenvalue weighted by Crippen LogP contribution is -2.21. The van der Waals surface area contributed by atoms with Gasteiger partial charge in [-0.25, -0.2) is 0 Å². The van der Waals surface area contributed by atoms with Gasteiger partial charge in [-0.3, -0.25) is 0 Å². The molecule has 0 saturated carbocycles. The van der Waals surface area contributed by atoms with E-state index in [1.54, 1.807) is 0 Å². The van der Waals surface area contributed by atoms with Crippen LogP contribution in [0.15, 0.2) is 27.6 Å². The SMILES string of the molecule is CCCSc1ccc(Br)cc1CC(N)CC. The molecule has 1 atom stereocenters. The first-order chi connectivity index (χ1) is 7.67. The van der Waals surface area contributed by atoms with E-state index in [1.807, 2.05) is 11.8 Å². The van der Waals surface area contributed by atoms with Gasteiger partial charge in [0.2, 0.25) is 0 Å². The minimum atomic E-state index is 0.273. The van der Waals surface area contributed by atoms with Crippen LogP contribution in [0.25, 0.3) is 0 Å². The van der Waals surface area contributed by atoms with Crippen LogP contribution in [0, 0.1) is 0 Å². The number of benzene rings is 1. The van der Waals surface area contributed by atoms with Crippen LogP contribution in [0.4, 0.5) is 0 Å². The largest absolute Gasteiger partial charge is 0.327 e. The van der Waals surface area contributed by atoms with Gasteiger partial charge in [-0.15, -0.1) is 11.8 Å². The highest BCUT2D eigenvalue weighted by Gasteiger charge is 2.07. The normalized spacial score (nSPS) is 12.8. The first kappa shape index (κ1) is 14.1. The van der Waals surface area contributed by atoms with Gasteiger partial charge < -0.3 is 5.73 Å². The van der Waals surface area contributed by atoms with Crippen LogP contribution in [-0.2, 0) is 6.42 Å². The molecule has 0 fully saturated rings. The molecule has 1 unspecified atom stereocenters. The van der Waals surface area contributed by atoms with E-state index in [0.29, 0.717) is 0 Å². The summed E-state index contributed by atoms with van der Waals surface area (Å²) >= 11 is 5.46. The molecule has 0 aliphatic heterocycles. The van der Waals surface area contributed by atoms with Crippen LogP contribution in [0.3, 0.4) is 0 Å². The number of hydrogen-bond donors (Lipinski definition) is 1. The van der Waals surface area contributed by atoms with Crippen LogP contribution in [0.1, 0.15) is 32.3 Å². The van der Waals surface area contributed by atoms with E-state index >= 15 is 0 Å². The summed E-state index contributed by atoms with van der Waals surface area (Å²) < 4.78 is 1.15. The Kier molecular flexibility index (Phi) is 6.47. The number of rotatable bonds is 6. The molecule has 1 nitrogen and oxygen atoms in total. The van der Waals surface area contributed by atoms with Gasteiger partial charge in [0.15, 0.2) is 0 Å². The maximum absolute atomic E-state index is 6.03. The van der Waals surface area contributed by atoms with Crippen molar-refractivity contribution in [2.75, 3.05) is 5.75 Å². The van der Waals surface area contributed by atoms with Gasteiger partial charge in [-0.1, -0.05) is 29.8 Å². The second-order valence-electron chi connectivity index (χ2n) is 3.97. The zero-order valence-electron chi connectivity index (χ0n) is 10.0. The molecule has 3 heteroatoms. The van der Waals surface area contributed by atoms with E-state index in [1.165, 1.54) is 22.6 Å². The van der Waals surface area contributed by atoms with Crippen molar-refractivity contribution in [1.82, 2.24) is 0 Å². The van der Waals surface area contributed by atoms with Crippen molar-refractivity contribution < 1.29 is 0 Å². The molecule has 0 aromatic heterocycles. The minimum Gasteiger partial charge on any atom is -0.327 e. The maximum Gasteiger partial charge on any atom is 0.0178 e. The van der Waals surface area contributed by atoms with E-state index in [-0.39, 0.29) is 6.04 Å². The molecule has 2 N–H and O–H groups in total. The van der Waals surface area contributed by atoms with Crippen molar-refractivity contribution in [3.05, 3.63) is 28.2 Å². The molecule has 16 heavy (non-hydrogen) atoms. The van der Waals surface area contributed by atoms with Crippen LogP contribution >= 0.6 is 27.7 Å². The Balaban J connectivity index is 2.80.